The Labute approximate surface area is 106 Å². The lowest BCUT2D eigenvalue weighted by atomic mass is 10.2. The highest BCUT2D eigenvalue weighted by atomic mass is 16.5. The van der Waals surface area contributed by atoms with Crippen LogP contribution < -0.4 is 5.32 Å². The number of hydrogen-bond acceptors (Lipinski definition) is 4. The summed E-state index contributed by atoms with van der Waals surface area (Å²) < 4.78 is 4.65. The Bertz CT molecular complexity index is 304. The van der Waals surface area contributed by atoms with Gasteiger partial charge in [-0.3, -0.25) is 9.59 Å². The van der Waals surface area contributed by atoms with E-state index in [4.69, 9.17) is 5.11 Å². The predicted octanol–water partition coefficient (Wildman–Crippen LogP) is 0.302. The molecule has 7 heteroatoms. The molecule has 0 unspecified atom stereocenters. The summed E-state index contributed by atoms with van der Waals surface area (Å²) in [5.41, 5.74) is 0. The van der Waals surface area contributed by atoms with Gasteiger partial charge in [0.1, 0.15) is 13.1 Å². The van der Waals surface area contributed by atoms with Crippen molar-refractivity contribution in [2.75, 3.05) is 26.2 Å². The Morgan fingerprint density at radius 2 is 1.94 bits per heavy atom. The van der Waals surface area contributed by atoms with Gasteiger partial charge < -0.3 is 20.1 Å². The Morgan fingerprint density at radius 1 is 1.33 bits per heavy atom. The lowest BCUT2D eigenvalue weighted by Gasteiger charge is -2.22. The minimum Gasteiger partial charge on any atom is -0.480 e. The van der Waals surface area contributed by atoms with Crippen LogP contribution in [0.3, 0.4) is 0 Å². The van der Waals surface area contributed by atoms with Gasteiger partial charge >= 0.3 is 18.0 Å². The zero-order chi connectivity index (χ0) is 14.1. The second-order valence-corrected chi connectivity index (χ2v) is 4.13. The SMILES string of the molecule is CCOC(=O)CNC(=O)N(CC(=O)O)CC(C)C. The van der Waals surface area contributed by atoms with Gasteiger partial charge in [-0.05, 0) is 12.8 Å². The number of rotatable bonds is 7. The van der Waals surface area contributed by atoms with Crippen LogP contribution in [0.4, 0.5) is 4.79 Å². The fraction of sp³-hybridized carbons (Fsp3) is 0.727. The van der Waals surface area contributed by atoms with Crippen LogP contribution in [-0.2, 0) is 14.3 Å². The topological polar surface area (TPSA) is 95.9 Å². The maximum atomic E-state index is 11.7. The van der Waals surface area contributed by atoms with Crippen LogP contribution in [0, 0.1) is 5.92 Å². The molecule has 2 amide bonds. The molecule has 0 aromatic heterocycles. The van der Waals surface area contributed by atoms with Crippen molar-refractivity contribution in [2.45, 2.75) is 20.8 Å². The number of carboxylic acid groups (broad SMARTS) is 1. The molecule has 0 spiro atoms. The first-order valence-corrected chi connectivity index (χ1v) is 5.77. The quantitative estimate of drug-likeness (QED) is 0.642. The molecule has 0 aromatic rings. The largest absolute Gasteiger partial charge is 0.480 e. The van der Waals surface area contributed by atoms with E-state index >= 15 is 0 Å². The normalized spacial score (nSPS) is 10.0. The molecule has 104 valence electrons. The van der Waals surface area contributed by atoms with E-state index in [9.17, 15) is 14.4 Å². The molecule has 0 aliphatic rings. The summed E-state index contributed by atoms with van der Waals surface area (Å²) in [6.07, 6.45) is 0. The Balaban J connectivity index is 4.28. The average Bonchev–Trinajstić information content (AvgIpc) is 2.24. The van der Waals surface area contributed by atoms with E-state index in [0.717, 1.165) is 4.90 Å². The van der Waals surface area contributed by atoms with E-state index in [1.807, 2.05) is 13.8 Å². The molecule has 7 nitrogen and oxygen atoms in total. The minimum atomic E-state index is -1.10. The summed E-state index contributed by atoms with van der Waals surface area (Å²) in [7, 11) is 0. The number of esters is 1. The molecule has 0 bridgehead atoms. The van der Waals surface area contributed by atoms with Crippen LogP contribution in [0.15, 0.2) is 0 Å². The van der Waals surface area contributed by atoms with Crippen molar-refractivity contribution in [3.05, 3.63) is 0 Å². The number of carbonyl (C=O) groups is 3. The van der Waals surface area contributed by atoms with Crippen molar-refractivity contribution in [2.24, 2.45) is 5.92 Å². The highest BCUT2D eigenvalue weighted by Gasteiger charge is 2.18. The second kappa shape index (κ2) is 8.32. The first-order valence-electron chi connectivity index (χ1n) is 5.77. The number of ether oxygens (including phenoxy) is 1. The molecule has 18 heavy (non-hydrogen) atoms. The molecule has 0 saturated heterocycles. The summed E-state index contributed by atoms with van der Waals surface area (Å²) in [4.78, 5) is 34.5. The van der Waals surface area contributed by atoms with Crippen LogP contribution in [0.1, 0.15) is 20.8 Å². The van der Waals surface area contributed by atoms with Gasteiger partial charge in [0.05, 0.1) is 6.61 Å². The molecule has 0 saturated carbocycles. The third-order valence-corrected chi connectivity index (χ3v) is 1.89. The highest BCUT2D eigenvalue weighted by molar-refractivity contribution is 5.83. The second-order valence-electron chi connectivity index (χ2n) is 4.13. The molecule has 0 heterocycles. The molecular weight excluding hydrogens is 240 g/mol. The van der Waals surface area contributed by atoms with Crippen LogP contribution in [0.2, 0.25) is 0 Å². The standard InChI is InChI=1S/C11H20N2O5/c1-4-18-10(16)5-12-11(17)13(6-8(2)3)7-9(14)15/h8H,4-7H2,1-3H3,(H,12,17)(H,14,15). The number of amides is 2. The summed E-state index contributed by atoms with van der Waals surface area (Å²) in [6.45, 7) is 5.28. The minimum absolute atomic E-state index is 0.137. The Hall–Kier alpha value is -1.79. The van der Waals surface area contributed by atoms with Crippen molar-refractivity contribution in [1.29, 1.82) is 0 Å². The zero-order valence-electron chi connectivity index (χ0n) is 10.9. The van der Waals surface area contributed by atoms with E-state index in [-0.39, 0.29) is 19.1 Å². The summed E-state index contributed by atoms with van der Waals surface area (Å²) in [5, 5.41) is 11.0. The molecular formula is C11H20N2O5. The van der Waals surface area contributed by atoms with Gasteiger partial charge in [0.25, 0.3) is 0 Å². The maximum Gasteiger partial charge on any atom is 0.325 e. The third-order valence-electron chi connectivity index (χ3n) is 1.89. The number of hydrogen-bond donors (Lipinski definition) is 2. The van der Waals surface area contributed by atoms with Crippen molar-refractivity contribution in [1.82, 2.24) is 10.2 Å². The number of nitrogens with zero attached hydrogens (tertiary/aromatic N) is 1. The van der Waals surface area contributed by atoms with Crippen molar-refractivity contribution in [3.8, 4) is 0 Å². The molecule has 0 radical (unpaired) electrons. The van der Waals surface area contributed by atoms with Crippen LogP contribution in [0.25, 0.3) is 0 Å². The van der Waals surface area contributed by atoms with Crippen LogP contribution in [-0.4, -0.2) is 54.2 Å². The van der Waals surface area contributed by atoms with E-state index in [1.165, 1.54) is 0 Å². The van der Waals surface area contributed by atoms with Crippen LogP contribution in [0.5, 0.6) is 0 Å². The fourth-order valence-corrected chi connectivity index (χ4v) is 1.29. The number of carbonyl (C=O) groups excluding carboxylic acids is 2. The third kappa shape index (κ3) is 7.48. The molecule has 0 atom stereocenters. The van der Waals surface area contributed by atoms with Gasteiger partial charge in [-0.1, -0.05) is 13.8 Å². The van der Waals surface area contributed by atoms with Crippen molar-refractivity contribution < 1.29 is 24.2 Å². The van der Waals surface area contributed by atoms with Gasteiger partial charge in [0.2, 0.25) is 0 Å². The fourth-order valence-electron chi connectivity index (χ4n) is 1.29. The summed E-state index contributed by atoms with van der Waals surface area (Å²) in [6, 6.07) is -0.584. The van der Waals surface area contributed by atoms with Crippen LogP contribution >= 0.6 is 0 Å². The van der Waals surface area contributed by atoms with Crippen molar-refractivity contribution in [3.63, 3.8) is 0 Å². The monoisotopic (exact) mass is 260 g/mol. The average molecular weight is 260 g/mol. The number of nitrogens with one attached hydrogen (secondary N) is 1. The van der Waals surface area contributed by atoms with E-state index < -0.39 is 24.5 Å². The zero-order valence-corrected chi connectivity index (χ0v) is 10.9. The molecule has 2 N–H and O–H groups in total. The first kappa shape index (κ1) is 16.2. The molecule has 0 rings (SSSR count). The van der Waals surface area contributed by atoms with E-state index in [2.05, 4.69) is 10.1 Å². The lowest BCUT2D eigenvalue weighted by Crippen LogP contribution is -2.46. The number of carboxylic acids is 1. The highest BCUT2D eigenvalue weighted by Crippen LogP contribution is 1.99. The summed E-state index contributed by atoms with van der Waals surface area (Å²) >= 11 is 0. The van der Waals surface area contributed by atoms with Gasteiger partial charge in [-0.2, -0.15) is 0 Å². The van der Waals surface area contributed by atoms with E-state index in [0.29, 0.717) is 6.54 Å². The number of urea groups is 1. The molecule has 0 aromatic carbocycles. The Morgan fingerprint density at radius 3 is 2.39 bits per heavy atom. The molecule has 0 fully saturated rings. The Kier molecular flexibility index (Phi) is 7.50. The van der Waals surface area contributed by atoms with Crippen molar-refractivity contribution >= 4 is 18.0 Å². The van der Waals surface area contributed by atoms with Gasteiger partial charge in [0, 0.05) is 6.54 Å². The molecule has 0 aliphatic carbocycles. The molecule has 0 aliphatic heterocycles. The lowest BCUT2D eigenvalue weighted by molar-refractivity contribution is -0.141. The van der Waals surface area contributed by atoms with Gasteiger partial charge in [-0.15, -0.1) is 0 Å². The summed E-state index contributed by atoms with van der Waals surface area (Å²) in [5.74, 6) is -1.51. The smallest absolute Gasteiger partial charge is 0.325 e. The van der Waals surface area contributed by atoms with Gasteiger partial charge in [0.15, 0.2) is 0 Å². The first-order chi connectivity index (χ1) is 8.36. The predicted molar refractivity (Wildman–Crippen MR) is 64.1 cm³/mol. The maximum absolute atomic E-state index is 11.7. The van der Waals surface area contributed by atoms with Gasteiger partial charge in [-0.25, -0.2) is 4.79 Å². The number of aliphatic carboxylic acids is 1. The van der Waals surface area contributed by atoms with E-state index in [1.54, 1.807) is 6.92 Å².